The van der Waals surface area contributed by atoms with Crippen LogP contribution in [-0.4, -0.2) is 20.5 Å². The fourth-order valence-electron chi connectivity index (χ4n) is 0.951. The van der Waals surface area contributed by atoms with Gasteiger partial charge in [0.15, 0.2) is 11.3 Å². The van der Waals surface area contributed by atoms with Crippen molar-refractivity contribution in [2.45, 2.75) is 0 Å². The molecule has 0 bridgehead atoms. The summed E-state index contributed by atoms with van der Waals surface area (Å²) in [5.41, 5.74) is 5.88. The molecule has 0 aliphatic rings. The highest BCUT2D eigenvalue weighted by Gasteiger charge is 2.05. The van der Waals surface area contributed by atoms with Crippen LogP contribution in [0.5, 0.6) is 0 Å². The Morgan fingerprint density at radius 1 is 1.54 bits per heavy atom. The Morgan fingerprint density at radius 2 is 2.31 bits per heavy atom. The maximum absolute atomic E-state index is 10.7. The molecule has 0 saturated heterocycles. The average molecular weight is 199 g/mol. The predicted octanol–water partition coefficient (Wildman–Crippen LogP) is 0.250. The Morgan fingerprint density at radius 3 is 2.92 bits per heavy atom. The number of halogens is 1. The quantitative estimate of drug-likeness (QED) is 0.714. The minimum absolute atomic E-state index is 0. The molecule has 0 fully saturated rings. The van der Waals surface area contributed by atoms with E-state index in [1.807, 2.05) is 0 Å². The van der Waals surface area contributed by atoms with E-state index < -0.39 is 5.91 Å². The van der Waals surface area contributed by atoms with Gasteiger partial charge < -0.3 is 5.73 Å². The topological polar surface area (TPSA) is 73.3 Å². The number of carbonyl (C=O) groups excluding carboxylic acids is 1. The van der Waals surface area contributed by atoms with Gasteiger partial charge >= 0.3 is 0 Å². The molecule has 0 unspecified atom stereocenters. The van der Waals surface area contributed by atoms with Crippen LogP contribution in [0.3, 0.4) is 0 Å². The third-order valence-corrected chi connectivity index (χ3v) is 1.49. The Hall–Kier alpha value is -1.62. The maximum atomic E-state index is 10.7. The van der Waals surface area contributed by atoms with Gasteiger partial charge in [0.2, 0.25) is 0 Å². The first-order valence-electron chi connectivity index (χ1n) is 3.37. The molecule has 0 atom stereocenters. The van der Waals surface area contributed by atoms with Crippen LogP contribution in [0.25, 0.3) is 5.65 Å². The van der Waals surface area contributed by atoms with Crippen molar-refractivity contribution in [1.29, 1.82) is 0 Å². The van der Waals surface area contributed by atoms with E-state index in [9.17, 15) is 4.79 Å². The zero-order chi connectivity index (χ0) is 8.55. The van der Waals surface area contributed by atoms with Crippen molar-refractivity contribution in [3.05, 3.63) is 30.2 Å². The van der Waals surface area contributed by atoms with Crippen LogP contribution in [0.1, 0.15) is 10.5 Å². The number of nitrogens with zero attached hydrogens (tertiary/aromatic N) is 3. The van der Waals surface area contributed by atoms with Crippen LogP contribution in [0, 0.1) is 0 Å². The fourth-order valence-corrected chi connectivity index (χ4v) is 0.951. The largest absolute Gasteiger partial charge is 0.364 e. The number of fused-ring (bicyclic) bond motifs is 1. The highest BCUT2D eigenvalue weighted by atomic mass is 35.5. The number of primary amides is 1. The van der Waals surface area contributed by atoms with Gasteiger partial charge in [-0.25, -0.2) is 9.50 Å². The molecule has 2 aromatic rings. The molecule has 0 saturated carbocycles. The molecule has 13 heavy (non-hydrogen) atoms. The van der Waals surface area contributed by atoms with Crippen LogP contribution < -0.4 is 5.73 Å². The molecule has 5 nitrogen and oxygen atoms in total. The van der Waals surface area contributed by atoms with Gasteiger partial charge in [0.1, 0.15) is 0 Å². The number of hydrogen-bond donors (Lipinski definition) is 1. The Balaban J connectivity index is 0.000000845. The summed E-state index contributed by atoms with van der Waals surface area (Å²) in [6.45, 7) is 0. The molecule has 0 aromatic carbocycles. The molecule has 2 rings (SSSR count). The first-order chi connectivity index (χ1) is 5.77. The first-order valence-corrected chi connectivity index (χ1v) is 3.37. The van der Waals surface area contributed by atoms with Gasteiger partial charge in [0.05, 0.1) is 0 Å². The molecule has 0 aliphatic heterocycles. The summed E-state index contributed by atoms with van der Waals surface area (Å²) in [5, 5.41) is 3.89. The van der Waals surface area contributed by atoms with Gasteiger partial charge in [-0.15, -0.1) is 12.4 Å². The number of hydrogen-bond acceptors (Lipinski definition) is 3. The maximum Gasteiger partial charge on any atom is 0.269 e. The summed E-state index contributed by atoms with van der Waals surface area (Å²) < 4.78 is 1.50. The summed E-state index contributed by atoms with van der Waals surface area (Å²) in [6.07, 6.45) is 3.33. The minimum atomic E-state index is -0.541. The normalized spacial score (nSPS) is 9.54. The van der Waals surface area contributed by atoms with E-state index in [2.05, 4.69) is 10.1 Å². The summed E-state index contributed by atoms with van der Waals surface area (Å²) in [4.78, 5) is 14.7. The van der Waals surface area contributed by atoms with Crippen molar-refractivity contribution in [2.24, 2.45) is 5.73 Å². The second-order valence-electron chi connectivity index (χ2n) is 2.32. The Kier molecular flexibility index (Phi) is 2.48. The molecule has 1 amide bonds. The fraction of sp³-hybridized carbons (Fsp3) is 0. The molecule has 2 N–H and O–H groups in total. The van der Waals surface area contributed by atoms with Crippen LogP contribution in [0.15, 0.2) is 24.5 Å². The molecule has 68 valence electrons. The highest BCUT2D eigenvalue weighted by Crippen LogP contribution is 2.00. The van der Waals surface area contributed by atoms with Crippen LogP contribution in [-0.2, 0) is 0 Å². The van der Waals surface area contributed by atoms with Crippen molar-refractivity contribution >= 4 is 24.0 Å². The lowest BCUT2D eigenvalue weighted by Crippen LogP contribution is -2.11. The molecular formula is C7H7ClN4O. The SMILES string of the molecule is Cl.NC(=O)c1cc2ncccn2n1. The summed E-state index contributed by atoms with van der Waals surface area (Å²) in [6, 6.07) is 3.27. The van der Waals surface area contributed by atoms with E-state index in [-0.39, 0.29) is 18.1 Å². The van der Waals surface area contributed by atoms with E-state index in [4.69, 9.17) is 5.73 Å². The predicted molar refractivity (Wildman–Crippen MR) is 48.8 cm³/mol. The summed E-state index contributed by atoms with van der Waals surface area (Å²) in [5.74, 6) is -0.541. The lowest BCUT2D eigenvalue weighted by atomic mass is 10.4. The van der Waals surface area contributed by atoms with Gasteiger partial charge in [-0.3, -0.25) is 4.79 Å². The van der Waals surface area contributed by atoms with Gasteiger partial charge in [0.25, 0.3) is 5.91 Å². The van der Waals surface area contributed by atoms with Gasteiger partial charge in [0, 0.05) is 18.5 Å². The lowest BCUT2D eigenvalue weighted by Gasteiger charge is -1.86. The smallest absolute Gasteiger partial charge is 0.269 e. The zero-order valence-electron chi connectivity index (χ0n) is 6.54. The van der Waals surface area contributed by atoms with Crippen molar-refractivity contribution in [2.75, 3.05) is 0 Å². The third-order valence-electron chi connectivity index (χ3n) is 1.49. The van der Waals surface area contributed by atoms with Crippen LogP contribution in [0.4, 0.5) is 0 Å². The zero-order valence-corrected chi connectivity index (χ0v) is 7.36. The van der Waals surface area contributed by atoms with Crippen molar-refractivity contribution in [3.63, 3.8) is 0 Å². The molecule has 2 aromatic heterocycles. The Labute approximate surface area is 80.0 Å². The molecule has 0 spiro atoms. The Bertz CT molecular complexity index is 406. The van der Waals surface area contributed by atoms with E-state index in [1.165, 1.54) is 4.52 Å². The highest BCUT2D eigenvalue weighted by molar-refractivity contribution is 5.91. The lowest BCUT2D eigenvalue weighted by molar-refractivity contribution is 0.0995. The second kappa shape index (κ2) is 3.40. The second-order valence-corrected chi connectivity index (χ2v) is 2.32. The molecule has 2 heterocycles. The van der Waals surface area contributed by atoms with Crippen molar-refractivity contribution in [3.8, 4) is 0 Å². The van der Waals surface area contributed by atoms with Gasteiger partial charge in [-0.2, -0.15) is 5.10 Å². The standard InChI is InChI=1S/C7H6N4O.ClH/c8-7(12)5-4-6-9-2-1-3-11(6)10-5;/h1-4H,(H2,8,12);1H. The molecular weight excluding hydrogens is 192 g/mol. The van der Waals surface area contributed by atoms with E-state index in [1.54, 1.807) is 24.5 Å². The monoisotopic (exact) mass is 198 g/mol. The summed E-state index contributed by atoms with van der Waals surface area (Å²) in [7, 11) is 0. The minimum Gasteiger partial charge on any atom is -0.364 e. The number of rotatable bonds is 1. The number of carbonyl (C=O) groups is 1. The number of nitrogens with two attached hydrogens (primary N) is 1. The van der Waals surface area contributed by atoms with E-state index >= 15 is 0 Å². The van der Waals surface area contributed by atoms with E-state index in [0.29, 0.717) is 5.65 Å². The van der Waals surface area contributed by atoms with Crippen LogP contribution >= 0.6 is 12.4 Å². The van der Waals surface area contributed by atoms with Gasteiger partial charge in [-0.05, 0) is 6.07 Å². The third kappa shape index (κ3) is 1.59. The number of amides is 1. The average Bonchev–Trinajstić information content (AvgIpc) is 2.46. The molecule has 0 aliphatic carbocycles. The van der Waals surface area contributed by atoms with Crippen molar-refractivity contribution in [1.82, 2.24) is 14.6 Å². The summed E-state index contributed by atoms with van der Waals surface area (Å²) >= 11 is 0. The van der Waals surface area contributed by atoms with Crippen LogP contribution in [0.2, 0.25) is 0 Å². The van der Waals surface area contributed by atoms with Gasteiger partial charge in [-0.1, -0.05) is 0 Å². The van der Waals surface area contributed by atoms with E-state index in [0.717, 1.165) is 0 Å². The number of aromatic nitrogens is 3. The van der Waals surface area contributed by atoms with Crippen molar-refractivity contribution < 1.29 is 4.79 Å². The first kappa shape index (κ1) is 9.47. The molecule has 0 radical (unpaired) electrons. The molecule has 6 heteroatoms.